The van der Waals surface area contributed by atoms with E-state index in [4.69, 9.17) is 14.2 Å². The molecule has 2 saturated carbocycles. The summed E-state index contributed by atoms with van der Waals surface area (Å²) in [6.07, 6.45) is -1.49. The Morgan fingerprint density at radius 2 is 1.78 bits per heavy atom. The van der Waals surface area contributed by atoms with Crippen molar-refractivity contribution in [2.45, 2.75) is 120 Å². The summed E-state index contributed by atoms with van der Waals surface area (Å²) in [7, 11) is 0.887. The summed E-state index contributed by atoms with van der Waals surface area (Å²) in [6.45, 7) is 6.29. The maximum Gasteiger partial charge on any atom is 0.427 e. The Balaban J connectivity index is 1.38. The zero-order valence-electron chi connectivity index (χ0n) is 35.0. The molecule has 0 bridgehead atoms. The first kappa shape index (κ1) is 44.7. The van der Waals surface area contributed by atoms with Crippen LogP contribution in [0.4, 0.5) is 23.9 Å². The van der Waals surface area contributed by atoms with Gasteiger partial charge in [-0.05, 0) is 83.3 Å². The second-order valence-electron chi connectivity index (χ2n) is 17.6. The molecule has 6 rings (SSSR count). The number of hydrogen-bond acceptors (Lipinski definition) is 12. The van der Waals surface area contributed by atoms with E-state index in [1.54, 1.807) is 50.2 Å². The van der Waals surface area contributed by atoms with Crippen LogP contribution in [0, 0.1) is 17.8 Å². The molecule has 16 nitrogen and oxygen atoms in total. The second-order valence-corrected chi connectivity index (χ2v) is 19.8. The number of allylic oxidation sites excluding steroid dienone is 1. The van der Waals surface area contributed by atoms with E-state index in [0.29, 0.717) is 62.6 Å². The van der Waals surface area contributed by atoms with Crippen molar-refractivity contribution in [3.05, 3.63) is 30.4 Å². The van der Waals surface area contributed by atoms with Crippen molar-refractivity contribution in [3.63, 3.8) is 0 Å². The number of halogens is 3. The molecule has 20 heteroatoms. The SMILES string of the molecule is COc1ccc2c(O[C@@H]3C[C@H]4C(=O)N[C@]5(C(=O)NS(=O)(=O)C6(C)CC6)C[C@H]5/C=C\CC[C@@H](C)C[C@@H](C)[C@H](NC(=O)OC(C)(C)C(F)(F)F)C(=O)N4C3)nc(N(C)C)nc2c1. The maximum atomic E-state index is 14.8. The number of aromatic nitrogens is 2. The Morgan fingerprint density at radius 3 is 2.42 bits per heavy atom. The quantitative estimate of drug-likeness (QED) is 0.302. The van der Waals surface area contributed by atoms with Gasteiger partial charge in [0.1, 0.15) is 29.5 Å². The zero-order chi connectivity index (χ0) is 44.2. The molecule has 3 N–H and O–H groups in total. The highest BCUT2D eigenvalue weighted by atomic mass is 32.2. The van der Waals surface area contributed by atoms with Crippen molar-refractivity contribution >= 4 is 50.7 Å². The number of amides is 4. The third-order valence-corrected chi connectivity index (χ3v) is 14.2. The summed E-state index contributed by atoms with van der Waals surface area (Å²) in [6, 6.07) is 2.28. The number of anilines is 1. The number of hydrogen-bond donors (Lipinski definition) is 3. The first-order valence-corrected chi connectivity index (χ1v) is 21.5. The molecule has 4 amide bonds. The standard InChI is InChI=1S/C40H54F3N7O9S/c1-22-11-9-10-12-24-20-39(24,34(53)48-60(55,56)38(5)15-16-38)47-31(51)29-19-26(58-32-27-14-13-25(57-8)18-28(27)44-35(46-32)49(6)7)21-50(29)33(52)30(23(2)17-22)45-36(54)59-37(3,4)40(41,42)43/h10,12-14,18,22-24,26,29-30H,9,11,15-17,19-21H2,1-8H3,(H,45,54)(H,47,51)(H,48,53)/b12-10-/t22-,23-,24-,26-,29+,30+,39-/m1/s1. The largest absolute Gasteiger partial charge is 0.497 e. The summed E-state index contributed by atoms with van der Waals surface area (Å²) >= 11 is 0. The molecule has 1 aromatic carbocycles. The summed E-state index contributed by atoms with van der Waals surface area (Å²) in [5.41, 5.74) is -4.08. The number of rotatable bonds is 9. The van der Waals surface area contributed by atoms with Gasteiger partial charge >= 0.3 is 12.3 Å². The normalized spacial score (nSPS) is 28.8. The summed E-state index contributed by atoms with van der Waals surface area (Å²) in [4.78, 5) is 68.6. The number of sulfonamides is 1. The summed E-state index contributed by atoms with van der Waals surface area (Å²) in [5, 5.41) is 5.68. The number of benzene rings is 1. The van der Waals surface area contributed by atoms with Gasteiger partial charge in [-0.15, -0.1) is 0 Å². The number of nitrogens with one attached hydrogen (secondary N) is 3. The molecule has 4 aliphatic rings. The molecule has 0 spiro atoms. The van der Waals surface area contributed by atoms with Crippen LogP contribution in [-0.2, 0) is 29.1 Å². The fourth-order valence-corrected chi connectivity index (χ4v) is 9.00. The van der Waals surface area contributed by atoms with E-state index in [9.17, 15) is 40.8 Å². The molecule has 7 atom stereocenters. The van der Waals surface area contributed by atoms with Crippen LogP contribution < -0.4 is 29.7 Å². The van der Waals surface area contributed by atoms with Gasteiger partial charge < -0.3 is 34.6 Å². The molecule has 2 aliphatic carbocycles. The lowest BCUT2D eigenvalue weighted by Gasteiger charge is -2.34. The van der Waals surface area contributed by atoms with Gasteiger partial charge in [0.15, 0.2) is 0 Å². The van der Waals surface area contributed by atoms with E-state index < -0.39 is 85.9 Å². The minimum Gasteiger partial charge on any atom is -0.497 e. The average Bonchev–Trinajstić information content (AvgIpc) is 4.04. The number of fused-ring (bicyclic) bond motifs is 3. The van der Waals surface area contributed by atoms with E-state index in [-0.39, 0.29) is 37.1 Å². The smallest absolute Gasteiger partial charge is 0.427 e. The number of carbonyl (C=O) groups is 4. The van der Waals surface area contributed by atoms with Crippen LogP contribution in [0.3, 0.4) is 0 Å². The number of alkyl halides is 3. The van der Waals surface area contributed by atoms with Crippen LogP contribution in [0.25, 0.3) is 10.9 Å². The molecule has 0 unspecified atom stereocenters. The highest BCUT2D eigenvalue weighted by molar-refractivity contribution is 7.91. The van der Waals surface area contributed by atoms with Crippen LogP contribution in [0.5, 0.6) is 11.6 Å². The summed E-state index contributed by atoms with van der Waals surface area (Å²) in [5.74, 6) is -2.82. The zero-order valence-corrected chi connectivity index (χ0v) is 35.8. The van der Waals surface area contributed by atoms with Crippen molar-refractivity contribution in [3.8, 4) is 11.6 Å². The van der Waals surface area contributed by atoms with Crippen LogP contribution >= 0.6 is 0 Å². The molecule has 2 aliphatic heterocycles. The van der Waals surface area contributed by atoms with Crippen LogP contribution in [0.1, 0.15) is 79.6 Å². The fourth-order valence-electron chi connectivity index (χ4n) is 7.69. The van der Waals surface area contributed by atoms with E-state index in [1.807, 2.05) is 13.0 Å². The van der Waals surface area contributed by atoms with Gasteiger partial charge in [-0.2, -0.15) is 18.2 Å². The molecule has 3 fully saturated rings. The van der Waals surface area contributed by atoms with E-state index in [0.717, 1.165) is 0 Å². The van der Waals surface area contributed by atoms with Crippen molar-refractivity contribution in [2.75, 3.05) is 32.6 Å². The maximum absolute atomic E-state index is 14.8. The summed E-state index contributed by atoms with van der Waals surface area (Å²) < 4.78 is 85.6. The third kappa shape index (κ3) is 9.07. The topological polar surface area (TPSA) is 198 Å². The second kappa shape index (κ2) is 16.2. The first-order valence-electron chi connectivity index (χ1n) is 20.0. The number of carbonyl (C=O) groups excluding carboxylic acids is 4. The van der Waals surface area contributed by atoms with Crippen LogP contribution in [0.15, 0.2) is 30.4 Å². The van der Waals surface area contributed by atoms with Crippen LogP contribution in [-0.4, -0.2) is 115 Å². The molecule has 60 heavy (non-hydrogen) atoms. The molecule has 3 heterocycles. The minimum atomic E-state index is -4.92. The molecular weight excluding hydrogens is 812 g/mol. The average molecular weight is 866 g/mol. The molecular formula is C40H54F3N7O9S. The lowest BCUT2D eigenvalue weighted by Crippen LogP contribution is -2.59. The van der Waals surface area contributed by atoms with Crippen molar-refractivity contribution in [2.24, 2.45) is 17.8 Å². The Labute approximate surface area is 347 Å². The van der Waals surface area contributed by atoms with Gasteiger partial charge in [-0.25, -0.2) is 18.2 Å². The number of methoxy groups -OCH3 is 1. The third-order valence-electron chi connectivity index (χ3n) is 12.1. The lowest BCUT2D eigenvalue weighted by atomic mass is 9.88. The molecule has 1 aromatic heterocycles. The van der Waals surface area contributed by atoms with Gasteiger partial charge in [-0.3, -0.25) is 19.1 Å². The Kier molecular flexibility index (Phi) is 12.1. The van der Waals surface area contributed by atoms with Gasteiger partial charge in [0.25, 0.3) is 5.91 Å². The van der Waals surface area contributed by atoms with Crippen molar-refractivity contribution in [1.29, 1.82) is 0 Å². The van der Waals surface area contributed by atoms with Crippen LogP contribution in [0.2, 0.25) is 0 Å². The minimum absolute atomic E-state index is 0.0491. The first-order chi connectivity index (χ1) is 27.9. The highest BCUT2D eigenvalue weighted by Crippen LogP contribution is 2.48. The van der Waals surface area contributed by atoms with Gasteiger partial charge in [0.05, 0.1) is 29.3 Å². The molecule has 330 valence electrons. The van der Waals surface area contributed by atoms with Gasteiger partial charge in [0.2, 0.25) is 39.3 Å². The van der Waals surface area contributed by atoms with E-state index in [2.05, 4.69) is 25.3 Å². The van der Waals surface area contributed by atoms with E-state index >= 15 is 0 Å². The lowest BCUT2D eigenvalue weighted by molar-refractivity contribution is -0.244. The Bertz CT molecular complexity index is 2160. The predicted molar refractivity (Wildman–Crippen MR) is 213 cm³/mol. The van der Waals surface area contributed by atoms with Crippen molar-refractivity contribution < 1.29 is 55.0 Å². The van der Waals surface area contributed by atoms with E-state index in [1.165, 1.54) is 18.9 Å². The molecule has 0 radical (unpaired) electrons. The molecule has 1 saturated heterocycles. The number of alkyl carbamates (subject to hydrolysis) is 1. The Hall–Kier alpha value is -4.88. The predicted octanol–water partition coefficient (Wildman–Crippen LogP) is 4.37. The number of ether oxygens (including phenoxy) is 3. The number of nitrogens with zero attached hydrogens (tertiary/aromatic N) is 4. The fraction of sp³-hybridized carbons (Fsp3) is 0.650. The molecule has 2 aromatic rings. The highest BCUT2D eigenvalue weighted by Gasteiger charge is 2.63. The Morgan fingerprint density at radius 1 is 1.08 bits per heavy atom. The van der Waals surface area contributed by atoms with Crippen molar-refractivity contribution in [1.82, 2.24) is 30.2 Å². The monoisotopic (exact) mass is 865 g/mol. The van der Waals surface area contributed by atoms with Gasteiger partial charge in [0, 0.05) is 32.5 Å². The van der Waals surface area contributed by atoms with Gasteiger partial charge in [-0.1, -0.05) is 26.0 Å².